The summed E-state index contributed by atoms with van der Waals surface area (Å²) in [6, 6.07) is -0.651. The molecule has 266 valence electrons. The zero-order valence-corrected chi connectivity index (χ0v) is 31.2. The van der Waals surface area contributed by atoms with Crippen LogP contribution in [0, 0.1) is 39.9 Å². The molecule has 4 saturated carbocycles. The Hall–Kier alpha value is -1.75. The molecule has 0 radical (unpaired) electrons. The molecule has 0 aliphatic heterocycles. The summed E-state index contributed by atoms with van der Waals surface area (Å²) in [6.45, 7) is 15.0. The van der Waals surface area contributed by atoms with Gasteiger partial charge in [0.1, 0.15) is 18.2 Å². The first kappa shape index (κ1) is 38.1. The molecule has 0 spiro atoms. The molecule has 1 unspecified atom stereocenters. The minimum Gasteiger partial charge on any atom is -0.478 e. The number of carboxylic acid groups (broad SMARTS) is 1. The van der Waals surface area contributed by atoms with Gasteiger partial charge in [-0.1, -0.05) is 55.6 Å². The predicted molar refractivity (Wildman–Crippen MR) is 185 cm³/mol. The number of hydrogen-bond acceptors (Lipinski definition) is 8. The second-order valence-corrected chi connectivity index (χ2v) is 17.0. The monoisotopic (exact) mass is 722 g/mol. The Labute approximate surface area is 289 Å². The highest BCUT2D eigenvalue weighted by Crippen LogP contribution is 2.74. The third-order valence-corrected chi connectivity index (χ3v) is 14.5. The zero-order chi connectivity index (χ0) is 35.1. The first-order valence-corrected chi connectivity index (χ1v) is 18.5. The van der Waals surface area contributed by atoms with Crippen LogP contribution in [0.5, 0.6) is 0 Å². The maximum atomic E-state index is 12.9. The highest BCUT2D eigenvalue weighted by molar-refractivity contribution is 9.11. The molecular weight excluding hydrogens is 664 g/mol. The number of aliphatic carboxylic acids is 1. The van der Waals surface area contributed by atoms with Gasteiger partial charge >= 0.3 is 17.9 Å². The molecule has 10 heteroatoms. The van der Waals surface area contributed by atoms with Gasteiger partial charge < -0.3 is 31.2 Å². The molecule has 4 rings (SSSR count). The van der Waals surface area contributed by atoms with Gasteiger partial charge in [0.2, 0.25) is 0 Å². The van der Waals surface area contributed by atoms with Crippen molar-refractivity contribution in [2.45, 2.75) is 143 Å². The van der Waals surface area contributed by atoms with Crippen LogP contribution < -0.4 is 11.5 Å². The van der Waals surface area contributed by atoms with Crippen LogP contribution >= 0.6 is 15.9 Å². The Morgan fingerprint density at radius 2 is 1.70 bits per heavy atom. The lowest BCUT2D eigenvalue weighted by molar-refractivity contribution is -0.236. The van der Waals surface area contributed by atoms with Gasteiger partial charge in [-0.15, -0.1) is 0 Å². The average Bonchev–Trinajstić information content (AvgIpc) is 3.25. The first-order chi connectivity index (χ1) is 21.9. The predicted octanol–water partition coefficient (Wildman–Crippen LogP) is 6.40. The van der Waals surface area contributed by atoms with E-state index in [1.165, 1.54) is 6.92 Å². The number of rotatable bonds is 11. The zero-order valence-electron chi connectivity index (χ0n) is 29.6. The topological polar surface area (TPSA) is 162 Å². The third kappa shape index (κ3) is 7.00. The minimum atomic E-state index is -0.992. The molecule has 0 aromatic heterocycles. The molecule has 0 heterocycles. The molecule has 47 heavy (non-hydrogen) atoms. The number of esters is 2. The van der Waals surface area contributed by atoms with Crippen LogP contribution in [-0.2, 0) is 23.9 Å². The molecule has 4 aliphatic carbocycles. The van der Waals surface area contributed by atoms with Crippen molar-refractivity contribution in [1.29, 1.82) is 0 Å². The molecule has 0 amide bonds. The molecule has 6 N–H and O–H groups in total. The van der Waals surface area contributed by atoms with E-state index < -0.39 is 35.6 Å². The van der Waals surface area contributed by atoms with Crippen LogP contribution in [0.3, 0.4) is 0 Å². The molecule has 4 aliphatic rings. The Kier molecular flexibility index (Phi) is 11.8. The van der Waals surface area contributed by atoms with Crippen LogP contribution in [0.2, 0.25) is 0 Å². The number of halogens is 1. The smallest absolute Gasteiger partial charge is 0.331 e. The van der Waals surface area contributed by atoms with Crippen molar-refractivity contribution >= 4 is 33.8 Å². The lowest BCUT2D eigenvalue weighted by Gasteiger charge is -2.69. The summed E-state index contributed by atoms with van der Waals surface area (Å²) in [7, 11) is 0. The maximum absolute atomic E-state index is 12.9. The molecule has 0 bridgehead atoms. The van der Waals surface area contributed by atoms with Crippen molar-refractivity contribution in [1.82, 2.24) is 0 Å². The number of carbonyl (C=O) groups is 3. The number of ether oxygens (including phenoxy) is 2. The van der Waals surface area contributed by atoms with E-state index in [1.807, 2.05) is 13.8 Å². The van der Waals surface area contributed by atoms with Crippen molar-refractivity contribution in [3.63, 3.8) is 0 Å². The van der Waals surface area contributed by atoms with Gasteiger partial charge in [0, 0.05) is 12.5 Å². The van der Waals surface area contributed by atoms with Crippen molar-refractivity contribution in [3.05, 3.63) is 21.2 Å². The molecule has 0 saturated heterocycles. The normalized spacial score (nSPS) is 39.5. The number of carboxylic acids is 1. The summed E-state index contributed by atoms with van der Waals surface area (Å²) in [5.74, 6) is -1.68. The van der Waals surface area contributed by atoms with E-state index in [2.05, 4.69) is 43.6 Å². The lowest BCUT2D eigenvalue weighted by Crippen LogP contribution is -2.65. The average molecular weight is 724 g/mol. The second kappa shape index (κ2) is 14.6. The van der Waals surface area contributed by atoms with E-state index in [0.717, 1.165) is 42.2 Å². The fraction of sp³-hybridized carbons (Fsp3) is 0.811. The molecule has 11 atom stereocenters. The number of carbonyl (C=O) groups excluding carboxylic acids is 2. The van der Waals surface area contributed by atoms with E-state index in [-0.39, 0.29) is 46.6 Å². The van der Waals surface area contributed by atoms with Crippen molar-refractivity contribution in [2.75, 3.05) is 6.54 Å². The number of allylic oxidation sites excluding steroid dienone is 2. The standard InChI is InChI=1S/C37H59BrN2O7/c1-20(2)26(38)12-11-23(33(43)44)31-25-18-28(42)32-35(5)15-14-29(47-34(45)27(40)10-8-9-17-39)21(3)24(35)13-16-36(32,6)37(25,7)19-30(31)46-22(4)41/h21,24-25,27-30,32,42H,8-19,39-40H2,1-7H3,(H,43,44)/t21-,24?,25+,27-,28+,29+,30-,32+,35-,36-,37-/m0/s1. The van der Waals surface area contributed by atoms with Crippen molar-refractivity contribution < 1.29 is 34.1 Å². The number of unbranched alkanes of at least 4 members (excludes halogenated alkanes) is 1. The SMILES string of the molecule is CC(=O)O[C@H]1C[C@@]2(C)[C@H](C[C@@H](O)[C@@H]3[C@@]4(C)CC[C@@H](OC(=O)[C@@H](N)CCCCN)[C@@H](C)C4CC[C@@]32C)C1=C(CCC(Br)=C(C)C)C(=O)O. The molecular formula is C37H59BrN2O7. The number of hydrogen-bond donors (Lipinski definition) is 4. The fourth-order valence-corrected chi connectivity index (χ4v) is 11.0. The van der Waals surface area contributed by atoms with E-state index >= 15 is 0 Å². The van der Waals surface area contributed by atoms with Crippen LogP contribution in [-0.4, -0.2) is 59.0 Å². The Morgan fingerprint density at radius 3 is 2.30 bits per heavy atom. The van der Waals surface area contributed by atoms with Gasteiger partial charge in [0.15, 0.2) is 0 Å². The Morgan fingerprint density at radius 1 is 1.02 bits per heavy atom. The molecule has 4 fully saturated rings. The van der Waals surface area contributed by atoms with Crippen LogP contribution in [0.4, 0.5) is 0 Å². The summed E-state index contributed by atoms with van der Waals surface area (Å²) in [5, 5.41) is 22.7. The summed E-state index contributed by atoms with van der Waals surface area (Å²) in [4.78, 5) is 38.2. The fourth-order valence-electron chi connectivity index (χ4n) is 10.8. The van der Waals surface area contributed by atoms with Gasteiger partial charge in [-0.3, -0.25) is 9.59 Å². The van der Waals surface area contributed by atoms with E-state index in [0.29, 0.717) is 56.2 Å². The van der Waals surface area contributed by atoms with Crippen molar-refractivity contribution in [2.24, 2.45) is 51.4 Å². The van der Waals surface area contributed by atoms with Gasteiger partial charge in [0.25, 0.3) is 0 Å². The third-order valence-electron chi connectivity index (χ3n) is 13.3. The summed E-state index contributed by atoms with van der Waals surface area (Å²) in [5.41, 5.74) is 12.9. The van der Waals surface area contributed by atoms with Crippen LogP contribution in [0.1, 0.15) is 119 Å². The first-order valence-electron chi connectivity index (χ1n) is 17.7. The van der Waals surface area contributed by atoms with Crippen molar-refractivity contribution in [3.8, 4) is 0 Å². The molecule has 0 aromatic rings. The lowest BCUT2D eigenvalue weighted by atomic mass is 9.36. The van der Waals surface area contributed by atoms with E-state index in [9.17, 15) is 24.6 Å². The van der Waals surface area contributed by atoms with Crippen LogP contribution in [0.15, 0.2) is 21.2 Å². The van der Waals surface area contributed by atoms with Crippen LogP contribution in [0.25, 0.3) is 0 Å². The number of aliphatic hydroxyl groups excluding tert-OH is 1. The molecule has 9 nitrogen and oxygen atoms in total. The number of aliphatic hydroxyl groups is 1. The van der Waals surface area contributed by atoms with E-state index in [1.54, 1.807) is 0 Å². The highest BCUT2D eigenvalue weighted by Gasteiger charge is 2.71. The van der Waals surface area contributed by atoms with Gasteiger partial charge in [0.05, 0.1) is 6.10 Å². The van der Waals surface area contributed by atoms with E-state index in [4.69, 9.17) is 20.9 Å². The number of fused-ring (bicyclic) bond motifs is 5. The quantitative estimate of drug-likeness (QED) is 0.107. The summed E-state index contributed by atoms with van der Waals surface area (Å²) in [6.07, 6.45) is 5.75. The molecule has 0 aromatic carbocycles. The summed E-state index contributed by atoms with van der Waals surface area (Å²) >= 11 is 3.61. The summed E-state index contributed by atoms with van der Waals surface area (Å²) < 4.78 is 13.0. The highest BCUT2D eigenvalue weighted by atomic mass is 79.9. The van der Waals surface area contributed by atoms with Gasteiger partial charge in [-0.05, 0) is 135 Å². The maximum Gasteiger partial charge on any atom is 0.331 e. The minimum absolute atomic E-state index is 0.0435. The second-order valence-electron chi connectivity index (χ2n) is 16.0. The van der Waals surface area contributed by atoms with Gasteiger partial charge in [-0.25, -0.2) is 4.79 Å². The Balaban J connectivity index is 1.66. The largest absolute Gasteiger partial charge is 0.478 e. The Bertz CT molecular complexity index is 1280. The number of nitrogens with two attached hydrogens (primary N) is 2. The van der Waals surface area contributed by atoms with Gasteiger partial charge in [-0.2, -0.15) is 0 Å².